The third-order valence-electron chi connectivity index (χ3n) is 7.54. The fourth-order valence-corrected chi connectivity index (χ4v) is 6.19. The predicted molar refractivity (Wildman–Crippen MR) is 137 cm³/mol. The average molecular weight is 513 g/mol. The number of pyridine rings is 1. The molecule has 36 heavy (non-hydrogen) atoms. The average Bonchev–Trinajstić information content (AvgIpc) is 3.54. The molecule has 11 heteroatoms. The van der Waals surface area contributed by atoms with Crippen molar-refractivity contribution >= 4 is 33.3 Å². The van der Waals surface area contributed by atoms with Crippen LogP contribution in [-0.4, -0.2) is 79.9 Å². The number of rotatable bonds is 8. The minimum atomic E-state index is -1.02. The lowest BCUT2D eigenvalue weighted by Crippen LogP contribution is -2.45. The molecular formula is C25H32N6O4S. The van der Waals surface area contributed by atoms with E-state index in [2.05, 4.69) is 22.5 Å². The van der Waals surface area contributed by atoms with Gasteiger partial charge in [0, 0.05) is 36.6 Å². The quantitative estimate of drug-likeness (QED) is 0.305. The van der Waals surface area contributed by atoms with E-state index in [4.69, 9.17) is 19.7 Å². The van der Waals surface area contributed by atoms with Crippen molar-refractivity contribution in [1.29, 1.82) is 0 Å². The van der Waals surface area contributed by atoms with Crippen molar-refractivity contribution in [2.24, 2.45) is 11.3 Å². The molecule has 4 heterocycles. The minimum absolute atomic E-state index is 0.0445. The Bertz CT molecular complexity index is 1280. The van der Waals surface area contributed by atoms with Gasteiger partial charge in [-0.15, -0.1) is 11.3 Å². The summed E-state index contributed by atoms with van der Waals surface area (Å²) >= 11 is 1.58. The van der Waals surface area contributed by atoms with Gasteiger partial charge in [0.2, 0.25) is 5.95 Å². The number of aliphatic hydroxyl groups is 3. The first kappa shape index (κ1) is 23.9. The first-order valence-electron chi connectivity index (χ1n) is 12.5. The second-order valence-electron chi connectivity index (χ2n) is 10.8. The molecule has 3 aromatic rings. The Morgan fingerprint density at radius 2 is 1.97 bits per heavy atom. The molecule has 6 rings (SSSR count). The third kappa shape index (κ3) is 4.32. The standard InChI is InChI=1S/C25H32N6O4S/c1-12-17(23-30-19-16(36-23)5-6-26-18(19)13-3-4-13)22(29-15-7-14(8-32)20(33)21(15)34)31-24(28-12)27-9-25(2)10-35-11-25/h5-6,13-15,20-21,32-34H,3-4,7-11H2,1-2H3,(H2,27,28,29,31). The molecule has 3 fully saturated rings. The molecule has 10 nitrogen and oxygen atoms in total. The highest BCUT2D eigenvalue weighted by molar-refractivity contribution is 7.21. The van der Waals surface area contributed by atoms with E-state index in [9.17, 15) is 15.3 Å². The van der Waals surface area contributed by atoms with Crippen LogP contribution < -0.4 is 10.6 Å². The van der Waals surface area contributed by atoms with Crippen molar-refractivity contribution in [3.63, 3.8) is 0 Å². The van der Waals surface area contributed by atoms with Gasteiger partial charge in [-0.05, 0) is 32.3 Å². The second-order valence-corrected chi connectivity index (χ2v) is 11.8. The van der Waals surface area contributed by atoms with Gasteiger partial charge in [-0.2, -0.15) is 4.98 Å². The number of ether oxygens (including phenoxy) is 1. The Labute approximate surface area is 213 Å². The van der Waals surface area contributed by atoms with Gasteiger partial charge in [0.15, 0.2) is 0 Å². The van der Waals surface area contributed by atoms with Gasteiger partial charge in [0.05, 0.1) is 47.0 Å². The van der Waals surface area contributed by atoms with Crippen LogP contribution in [0.1, 0.15) is 43.5 Å². The predicted octanol–water partition coefficient (Wildman–Crippen LogP) is 2.30. The number of aromatic nitrogens is 4. The number of hydrogen-bond acceptors (Lipinski definition) is 11. The molecule has 1 saturated heterocycles. The molecule has 0 amide bonds. The Kier molecular flexibility index (Phi) is 6.08. The van der Waals surface area contributed by atoms with Gasteiger partial charge >= 0.3 is 0 Å². The van der Waals surface area contributed by atoms with Crippen LogP contribution in [0, 0.1) is 18.3 Å². The summed E-state index contributed by atoms with van der Waals surface area (Å²) in [6, 6.07) is 1.53. The van der Waals surface area contributed by atoms with Gasteiger partial charge in [-0.25, -0.2) is 9.97 Å². The lowest BCUT2D eigenvalue weighted by atomic mass is 9.89. The minimum Gasteiger partial charge on any atom is -0.396 e. The first-order valence-corrected chi connectivity index (χ1v) is 13.4. The zero-order valence-electron chi connectivity index (χ0n) is 20.4. The maximum Gasteiger partial charge on any atom is 0.224 e. The topological polar surface area (TPSA) is 146 Å². The molecule has 0 spiro atoms. The summed E-state index contributed by atoms with van der Waals surface area (Å²) in [5.41, 5.74) is 3.57. The van der Waals surface area contributed by atoms with Crippen molar-refractivity contribution in [2.45, 2.75) is 57.3 Å². The number of aryl methyl sites for hydroxylation is 1. The molecule has 5 N–H and O–H groups in total. The van der Waals surface area contributed by atoms with Gasteiger partial charge in [-0.3, -0.25) is 4.98 Å². The van der Waals surface area contributed by atoms with E-state index < -0.39 is 24.2 Å². The summed E-state index contributed by atoms with van der Waals surface area (Å²) < 4.78 is 6.44. The van der Waals surface area contributed by atoms with Gasteiger partial charge < -0.3 is 30.7 Å². The smallest absolute Gasteiger partial charge is 0.224 e. The summed E-state index contributed by atoms with van der Waals surface area (Å²) in [6.07, 6.45) is 2.55. The molecule has 0 bridgehead atoms. The summed E-state index contributed by atoms with van der Waals surface area (Å²) in [6.45, 7) is 5.97. The molecule has 4 atom stereocenters. The highest BCUT2D eigenvalue weighted by Gasteiger charge is 2.42. The van der Waals surface area contributed by atoms with E-state index in [1.54, 1.807) is 11.3 Å². The molecule has 2 saturated carbocycles. The maximum absolute atomic E-state index is 10.7. The van der Waals surface area contributed by atoms with E-state index in [1.165, 1.54) is 0 Å². The van der Waals surface area contributed by atoms with E-state index in [0.717, 1.165) is 45.0 Å². The Hall–Kier alpha value is -2.44. The van der Waals surface area contributed by atoms with E-state index >= 15 is 0 Å². The van der Waals surface area contributed by atoms with Gasteiger partial charge in [0.25, 0.3) is 0 Å². The van der Waals surface area contributed by atoms with Crippen molar-refractivity contribution < 1.29 is 20.1 Å². The molecule has 3 aromatic heterocycles. The number of hydrogen-bond donors (Lipinski definition) is 5. The monoisotopic (exact) mass is 512 g/mol. The molecule has 3 aliphatic rings. The molecule has 2 aliphatic carbocycles. The lowest BCUT2D eigenvalue weighted by molar-refractivity contribution is -0.0925. The van der Waals surface area contributed by atoms with E-state index in [0.29, 0.717) is 43.9 Å². The van der Waals surface area contributed by atoms with Crippen molar-refractivity contribution in [3.8, 4) is 10.6 Å². The summed E-state index contributed by atoms with van der Waals surface area (Å²) in [4.78, 5) is 19.2. The zero-order chi connectivity index (χ0) is 25.0. The number of nitrogens with zero attached hydrogens (tertiary/aromatic N) is 4. The van der Waals surface area contributed by atoms with Gasteiger partial charge in [-0.1, -0.05) is 6.92 Å². The highest BCUT2D eigenvalue weighted by atomic mass is 32.1. The fourth-order valence-electron chi connectivity index (χ4n) is 5.12. The number of nitrogens with one attached hydrogen (secondary N) is 2. The van der Waals surface area contributed by atoms with Crippen LogP contribution in [0.3, 0.4) is 0 Å². The van der Waals surface area contributed by atoms with Crippen molar-refractivity contribution in [1.82, 2.24) is 19.9 Å². The largest absolute Gasteiger partial charge is 0.396 e. The number of fused-ring (bicyclic) bond motifs is 1. The number of aliphatic hydroxyl groups excluding tert-OH is 3. The zero-order valence-corrected chi connectivity index (χ0v) is 21.3. The third-order valence-corrected chi connectivity index (χ3v) is 8.57. The summed E-state index contributed by atoms with van der Waals surface area (Å²) in [5.74, 6) is 1.12. The summed E-state index contributed by atoms with van der Waals surface area (Å²) in [7, 11) is 0. The normalized spacial score (nSPS) is 27.2. The highest BCUT2D eigenvalue weighted by Crippen LogP contribution is 2.44. The molecule has 0 aromatic carbocycles. The van der Waals surface area contributed by atoms with Crippen molar-refractivity contribution in [3.05, 3.63) is 23.7 Å². The van der Waals surface area contributed by atoms with Crippen LogP contribution in [0.2, 0.25) is 0 Å². The van der Waals surface area contributed by atoms with Crippen LogP contribution in [-0.2, 0) is 4.74 Å². The van der Waals surface area contributed by atoms with E-state index in [-0.39, 0.29) is 12.0 Å². The Morgan fingerprint density at radius 3 is 2.64 bits per heavy atom. The maximum atomic E-state index is 10.7. The summed E-state index contributed by atoms with van der Waals surface area (Å²) in [5, 5.41) is 38.2. The van der Waals surface area contributed by atoms with E-state index in [1.807, 2.05) is 19.2 Å². The van der Waals surface area contributed by atoms with Gasteiger partial charge in [0.1, 0.15) is 22.4 Å². The van der Waals surface area contributed by atoms with Crippen molar-refractivity contribution in [2.75, 3.05) is 37.0 Å². The Morgan fingerprint density at radius 1 is 1.17 bits per heavy atom. The number of anilines is 2. The van der Waals surface area contributed by atoms with Crippen LogP contribution in [0.15, 0.2) is 12.3 Å². The Balaban J connectivity index is 1.38. The molecule has 192 valence electrons. The van der Waals surface area contributed by atoms with Crippen LogP contribution in [0.4, 0.5) is 11.8 Å². The van der Waals surface area contributed by atoms with Crippen LogP contribution >= 0.6 is 11.3 Å². The van der Waals surface area contributed by atoms with Crippen LogP contribution in [0.25, 0.3) is 20.8 Å². The number of thiazole rings is 1. The van der Waals surface area contributed by atoms with Crippen LogP contribution in [0.5, 0.6) is 0 Å². The lowest BCUT2D eigenvalue weighted by Gasteiger charge is -2.38. The first-order chi connectivity index (χ1) is 17.3. The second kappa shape index (κ2) is 9.14. The molecule has 4 unspecified atom stereocenters. The SMILES string of the molecule is Cc1nc(NCC2(C)COC2)nc(NC2CC(CO)C(O)C2O)c1-c1nc2c(C3CC3)nccc2s1. The molecule has 0 radical (unpaired) electrons. The molecule has 1 aliphatic heterocycles. The fraction of sp³-hybridized carbons (Fsp3) is 0.600. The molecular weight excluding hydrogens is 480 g/mol.